The van der Waals surface area contributed by atoms with Crippen LogP contribution in [0.4, 0.5) is 11.4 Å². The number of azo groups is 1. The predicted octanol–water partition coefficient (Wildman–Crippen LogP) is 8.54. The van der Waals surface area contributed by atoms with E-state index in [0.29, 0.717) is 23.6 Å². The van der Waals surface area contributed by atoms with Crippen molar-refractivity contribution < 1.29 is 14.3 Å². The summed E-state index contributed by atoms with van der Waals surface area (Å²) in [6, 6.07) is 16.0. The molecule has 2 aromatic carbocycles. The Hall–Kier alpha value is -3.54. The third-order valence-corrected chi connectivity index (χ3v) is 5.66. The van der Waals surface area contributed by atoms with Gasteiger partial charge in [0.2, 0.25) is 0 Å². The predicted molar refractivity (Wildman–Crippen MR) is 139 cm³/mol. The molecular weight excluding hydrogens is 438 g/mol. The van der Waals surface area contributed by atoms with Gasteiger partial charge in [0.25, 0.3) is 0 Å². The third kappa shape index (κ3) is 9.32. The fourth-order valence-corrected chi connectivity index (χ4v) is 3.61. The van der Waals surface area contributed by atoms with Gasteiger partial charge in [0.15, 0.2) is 0 Å². The molecule has 0 fully saturated rings. The van der Waals surface area contributed by atoms with E-state index in [1.165, 1.54) is 44.9 Å². The summed E-state index contributed by atoms with van der Waals surface area (Å²) in [5.41, 5.74) is 2.68. The second-order valence-electron chi connectivity index (χ2n) is 8.59. The average molecular weight is 474 g/mol. The van der Waals surface area contributed by atoms with Crippen LogP contribution in [0, 0.1) is 6.92 Å². The van der Waals surface area contributed by atoms with Gasteiger partial charge in [0.1, 0.15) is 11.5 Å². The Morgan fingerprint density at radius 3 is 2.14 bits per heavy atom. The van der Waals surface area contributed by atoms with Crippen molar-refractivity contribution in [3.63, 3.8) is 0 Å². The van der Waals surface area contributed by atoms with E-state index in [9.17, 15) is 4.79 Å². The van der Waals surface area contributed by atoms with Crippen LogP contribution in [-0.2, 0) is 0 Å². The second kappa shape index (κ2) is 14.7. The first-order chi connectivity index (χ1) is 17.2. The van der Waals surface area contributed by atoms with Gasteiger partial charge in [0.05, 0.1) is 23.5 Å². The van der Waals surface area contributed by atoms with E-state index in [-0.39, 0.29) is 0 Å². The van der Waals surface area contributed by atoms with Gasteiger partial charge in [-0.25, -0.2) is 4.79 Å². The number of carbonyl (C=O) groups excluding carboxylic acids is 1. The minimum absolute atomic E-state index is 0.408. The van der Waals surface area contributed by atoms with Crippen LogP contribution in [0.1, 0.15) is 74.2 Å². The zero-order valence-electron chi connectivity index (χ0n) is 20.8. The van der Waals surface area contributed by atoms with Crippen LogP contribution in [0.25, 0.3) is 0 Å². The number of rotatable bonds is 14. The van der Waals surface area contributed by atoms with Crippen molar-refractivity contribution in [1.82, 2.24) is 4.98 Å². The molecule has 1 heterocycles. The van der Waals surface area contributed by atoms with Crippen LogP contribution in [0.5, 0.6) is 11.5 Å². The highest BCUT2D eigenvalue weighted by Gasteiger charge is 2.11. The number of esters is 1. The lowest BCUT2D eigenvalue weighted by molar-refractivity contribution is 0.0733. The van der Waals surface area contributed by atoms with E-state index in [1.807, 2.05) is 25.1 Å². The van der Waals surface area contributed by atoms with Crippen molar-refractivity contribution in [3.8, 4) is 11.5 Å². The molecule has 184 valence electrons. The molecule has 0 aliphatic carbocycles. The van der Waals surface area contributed by atoms with Crippen LogP contribution in [0.15, 0.2) is 77.2 Å². The van der Waals surface area contributed by atoms with Gasteiger partial charge < -0.3 is 9.47 Å². The standard InChI is InChI=1S/C29H35N3O3/c1-3-4-5-6-7-8-9-10-21-34-27-14-11-24(12-15-27)29(33)35-28-16-13-26(22-23(28)2)32-31-25-17-19-30-20-18-25/h11-20,22H,3-10,21H2,1-2H3. The van der Waals surface area contributed by atoms with E-state index in [2.05, 4.69) is 22.1 Å². The molecule has 3 aromatic rings. The zero-order valence-corrected chi connectivity index (χ0v) is 20.8. The van der Waals surface area contributed by atoms with Gasteiger partial charge >= 0.3 is 5.97 Å². The molecule has 3 rings (SSSR count). The highest BCUT2D eigenvalue weighted by atomic mass is 16.5. The number of nitrogens with zero attached hydrogens (tertiary/aromatic N) is 3. The summed E-state index contributed by atoms with van der Waals surface area (Å²) in [4.78, 5) is 16.5. The summed E-state index contributed by atoms with van der Waals surface area (Å²) in [5.74, 6) is 0.853. The van der Waals surface area contributed by atoms with Crippen LogP contribution in [0.2, 0.25) is 0 Å². The molecular formula is C29H35N3O3. The summed E-state index contributed by atoms with van der Waals surface area (Å²) in [6.45, 7) is 4.81. The normalized spacial score (nSPS) is 11.0. The molecule has 0 radical (unpaired) electrons. The van der Waals surface area contributed by atoms with Crippen molar-refractivity contribution in [2.75, 3.05) is 6.61 Å². The maximum atomic E-state index is 12.6. The van der Waals surface area contributed by atoms with Crippen LogP contribution in [-0.4, -0.2) is 17.6 Å². The topological polar surface area (TPSA) is 73.1 Å². The van der Waals surface area contributed by atoms with Gasteiger partial charge in [0, 0.05) is 12.4 Å². The molecule has 0 saturated heterocycles. The Bertz CT molecular complexity index is 1070. The monoisotopic (exact) mass is 473 g/mol. The minimum Gasteiger partial charge on any atom is -0.494 e. The SMILES string of the molecule is CCCCCCCCCCOc1ccc(C(=O)Oc2ccc(N=Nc3ccncc3)cc2C)cc1. The highest BCUT2D eigenvalue weighted by Crippen LogP contribution is 2.26. The lowest BCUT2D eigenvalue weighted by Gasteiger charge is -2.09. The van der Waals surface area contributed by atoms with Gasteiger partial charge in [-0.3, -0.25) is 4.98 Å². The first-order valence-electron chi connectivity index (χ1n) is 12.5. The molecule has 0 unspecified atom stereocenters. The molecule has 0 saturated carbocycles. The summed E-state index contributed by atoms with van der Waals surface area (Å²) in [5, 5.41) is 8.40. The van der Waals surface area contributed by atoms with E-state index < -0.39 is 5.97 Å². The number of ether oxygens (including phenoxy) is 2. The molecule has 35 heavy (non-hydrogen) atoms. The molecule has 0 aliphatic rings. The second-order valence-corrected chi connectivity index (χ2v) is 8.59. The molecule has 6 nitrogen and oxygen atoms in total. The van der Waals surface area contributed by atoms with Crippen LogP contribution >= 0.6 is 0 Å². The first-order valence-corrected chi connectivity index (χ1v) is 12.5. The van der Waals surface area contributed by atoms with Crippen molar-refractivity contribution in [2.45, 2.75) is 65.2 Å². The zero-order chi connectivity index (χ0) is 24.7. The van der Waals surface area contributed by atoms with Gasteiger partial charge in [-0.15, -0.1) is 0 Å². The van der Waals surface area contributed by atoms with Crippen LogP contribution in [0.3, 0.4) is 0 Å². The molecule has 0 atom stereocenters. The number of hydrogen-bond donors (Lipinski definition) is 0. The maximum absolute atomic E-state index is 12.6. The molecule has 0 aliphatic heterocycles. The van der Waals surface area contributed by atoms with Crippen LogP contribution < -0.4 is 9.47 Å². The number of aryl methyl sites for hydroxylation is 1. The van der Waals surface area contributed by atoms with E-state index in [0.717, 1.165) is 23.4 Å². The average Bonchev–Trinajstić information content (AvgIpc) is 2.89. The largest absolute Gasteiger partial charge is 0.494 e. The highest BCUT2D eigenvalue weighted by molar-refractivity contribution is 5.91. The summed E-state index contributed by atoms with van der Waals surface area (Å²) < 4.78 is 11.4. The van der Waals surface area contributed by atoms with Crippen molar-refractivity contribution in [2.24, 2.45) is 10.2 Å². The fourth-order valence-electron chi connectivity index (χ4n) is 3.61. The Labute approximate surface area is 208 Å². The quantitative estimate of drug-likeness (QED) is 0.102. The van der Waals surface area contributed by atoms with E-state index >= 15 is 0 Å². The number of aromatic nitrogens is 1. The Balaban J connectivity index is 1.42. The maximum Gasteiger partial charge on any atom is 0.343 e. The number of hydrogen-bond acceptors (Lipinski definition) is 6. The van der Waals surface area contributed by atoms with Crippen molar-refractivity contribution in [3.05, 3.63) is 78.1 Å². The Morgan fingerprint density at radius 2 is 1.46 bits per heavy atom. The molecule has 0 amide bonds. The molecule has 0 bridgehead atoms. The first kappa shape index (κ1) is 26.1. The molecule has 0 N–H and O–H groups in total. The molecule has 0 spiro atoms. The Morgan fingerprint density at radius 1 is 0.800 bits per heavy atom. The molecule has 1 aromatic heterocycles. The van der Waals surface area contributed by atoms with E-state index in [4.69, 9.17) is 9.47 Å². The number of benzene rings is 2. The summed E-state index contributed by atoms with van der Waals surface area (Å²) in [6.07, 6.45) is 13.5. The fraction of sp³-hybridized carbons (Fsp3) is 0.379. The lowest BCUT2D eigenvalue weighted by Crippen LogP contribution is -2.09. The third-order valence-electron chi connectivity index (χ3n) is 5.66. The minimum atomic E-state index is -0.408. The lowest BCUT2D eigenvalue weighted by atomic mass is 10.1. The van der Waals surface area contributed by atoms with Gasteiger partial charge in [-0.05, 0) is 73.5 Å². The summed E-state index contributed by atoms with van der Waals surface area (Å²) in [7, 11) is 0. The van der Waals surface area contributed by atoms with Gasteiger partial charge in [-0.1, -0.05) is 51.9 Å². The number of pyridine rings is 1. The number of unbranched alkanes of at least 4 members (excludes halogenated alkanes) is 7. The van der Waals surface area contributed by atoms with E-state index in [1.54, 1.807) is 48.8 Å². The van der Waals surface area contributed by atoms with Crippen molar-refractivity contribution >= 4 is 17.3 Å². The number of carbonyl (C=O) groups is 1. The molecule has 6 heteroatoms. The summed E-state index contributed by atoms with van der Waals surface area (Å²) >= 11 is 0. The Kier molecular flexibility index (Phi) is 10.9. The van der Waals surface area contributed by atoms with Gasteiger partial charge in [-0.2, -0.15) is 10.2 Å². The van der Waals surface area contributed by atoms with Crippen molar-refractivity contribution in [1.29, 1.82) is 0 Å². The smallest absolute Gasteiger partial charge is 0.343 e.